The highest BCUT2D eigenvalue weighted by Gasteiger charge is 2.02. The summed E-state index contributed by atoms with van der Waals surface area (Å²) in [5, 5.41) is 16.9. The molecule has 0 spiro atoms. The normalized spacial score (nSPS) is 13.2. The van der Waals surface area contributed by atoms with Crippen LogP contribution in [0.2, 0.25) is 0 Å². The zero-order chi connectivity index (χ0) is 9.68. The third-order valence-corrected chi connectivity index (χ3v) is 1.67. The number of nitrogens with zero attached hydrogens (tertiary/aromatic N) is 3. The zero-order valence-electron chi connectivity index (χ0n) is 7.85. The van der Waals surface area contributed by atoms with Gasteiger partial charge in [0.1, 0.15) is 0 Å². The second-order valence-electron chi connectivity index (χ2n) is 3.17. The molecule has 0 radical (unpaired) electrons. The summed E-state index contributed by atoms with van der Waals surface area (Å²) in [6.07, 6.45) is 3.25. The third-order valence-electron chi connectivity index (χ3n) is 1.67. The van der Waals surface area contributed by atoms with E-state index in [1.807, 2.05) is 6.20 Å². The summed E-state index contributed by atoms with van der Waals surface area (Å²) >= 11 is 0. The van der Waals surface area contributed by atoms with E-state index in [9.17, 15) is 0 Å². The molecule has 0 aliphatic rings. The van der Waals surface area contributed by atoms with Gasteiger partial charge in [-0.1, -0.05) is 5.21 Å². The monoisotopic (exact) mass is 184 g/mol. The summed E-state index contributed by atoms with van der Waals surface area (Å²) < 4.78 is 1.65. The van der Waals surface area contributed by atoms with Gasteiger partial charge in [0.25, 0.3) is 0 Å². The van der Waals surface area contributed by atoms with Gasteiger partial charge in [0.2, 0.25) is 0 Å². The number of hydrogen-bond acceptors (Lipinski definition) is 4. The molecule has 1 rings (SSSR count). The predicted octanol–water partition coefficient (Wildman–Crippen LogP) is -0.450. The summed E-state index contributed by atoms with van der Waals surface area (Å²) in [5.41, 5.74) is 6.31. The molecule has 0 bridgehead atoms. The fourth-order valence-electron chi connectivity index (χ4n) is 1.10. The quantitative estimate of drug-likeness (QED) is 0.649. The van der Waals surface area contributed by atoms with Gasteiger partial charge >= 0.3 is 0 Å². The topological polar surface area (TPSA) is 77.0 Å². The molecular formula is C8H16N4O. The first-order valence-corrected chi connectivity index (χ1v) is 4.49. The van der Waals surface area contributed by atoms with Crippen LogP contribution in [-0.4, -0.2) is 32.7 Å². The Morgan fingerprint density at radius 1 is 1.69 bits per heavy atom. The summed E-state index contributed by atoms with van der Waals surface area (Å²) in [6, 6.07) is 0. The van der Waals surface area contributed by atoms with Gasteiger partial charge in [-0.3, -0.25) is 0 Å². The van der Waals surface area contributed by atoms with Gasteiger partial charge in [-0.05, 0) is 26.3 Å². The molecule has 0 saturated carbocycles. The van der Waals surface area contributed by atoms with Crippen molar-refractivity contribution in [3.05, 3.63) is 11.9 Å². The van der Waals surface area contributed by atoms with E-state index in [0.717, 1.165) is 18.5 Å². The molecule has 0 aliphatic heterocycles. The molecule has 0 aromatic carbocycles. The van der Waals surface area contributed by atoms with E-state index < -0.39 is 0 Å². The van der Waals surface area contributed by atoms with Gasteiger partial charge in [0, 0.05) is 6.20 Å². The van der Waals surface area contributed by atoms with Crippen LogP contribution in [0.1, 0.15) is 19.0 Å². The molecule has 5 nitrogen and oxygen atoms in total. The van der Waals surface area contributed by atoms with Crippen LogP contribution < -0.4 is 5.73 Å². The maximum Gasteiger partial charge on any atom is 0.0827 e. The van der Waals surface area contributed by atoms with E-state index in [4.69, 9.17) is 10.8 Å². The molecule has 1 unspecified atom stereocenters. The average molecular weight is 184 g/mol. The number of hydrogen-bond donors (Lipinski definition) is 2. The van der Waals surface area contributed by atoms with Crippen molar-refractivity contribution in [1.82, 2.24) is 15.0 Å². The molecule has 0 fully saturated rings. The minimum atomic E-state index is -0.385. The van der Waals surface area contributed by atoms with Crippen LogP contribution in [0.5, 0.6) is 0 Å². The maximum absolute atomic E-state index is 9.08. The fraction of sp³-hybridized carbons (Fsp3) is 0.750. The number of rotatable bonds is 5. The Kier molecular flexibility index (Phi) is 3.85. The molecule has 1 atom stereocenters. The third kappa shape index (κ3) is 3.52. The standard InChI is InChI=1S/C8H16N4O/c1-7(13)5-12-6-8(10-11-12)3-2-4-9/h6-7,13H,2-5,9H2,1H3. The second-order valence-corrected chi connectivity index (χ2v) is 3.17. The van der Waals surface area contributed by atoms with E-state index >= 15 is 0 Å². The number of aromatic nitrogens is 3. The predicted molar refractivity (Wildman–Crippen MR) is 49.1 cm³/mol. The van der Waals surface area contributed by atoms with Crippen molar-refractivity contribution < 1.29 is 5.11 Å². The van der Waals surface area contributed by atoms with Gasteiger partial charge in [-0.2, -0.15) is 0 Å². The minimum absolute atomic E-state index is 0.385. The molecule has 3 N–H and O–H groups in total. The minimum Gasteiger partial charge on any atom is -0.391 e. The van der Waals surface area contributed by atoms with E-state index in [1.54, 1.807) is 11.6 Å². The van der Waals surface area contributed by atoms with Crippen LogP contribution >= 0.6 is 0 Å². The first kappa shape index (κ1) is 10.1. The van der Waals surface area contributed by atoms with Gasteiger partial charge in [0.15, 0.2) is 0 Å². The Morgan fingerprint density at radius 3 is 3.08 bits per heavy atom. The maximum atomic E-state index is 9.08. The van der Waals surface area contributed by atoms with Crippen molar-refractivity contribution in [3.8, 4) is 0 Å². The van der Waals surface area contributed by atoms with Crippen LogP contribution in [0.4, 0.5) is 0 Å². The second kappa shape index (κ2) is 4.94. The van der Waals surface area contributed by atoms with Crippen LogP contribution in [0.3, 0.4) is 0 Å². The van der Waals surface area contributed by atoms with Crippen molar-refractivity contribution in [2.75, 3.05) is 6.54 Å². The van der Waals surface area contributed by atoms with Crippen molar-refractivity contribution in [1.29, 1.82) is 0 Å². The van der Waals surface area contributed by atoms with Gasteiger partial charge < -0.3 is 10.8 Å². The van der Waals surface area contributed by atoms with Gasteiger partial charge in [-0.15, -0.1) is 5.10 Å². The molecule has 1 heterocycles. The van der Waals surface area contributed by atoms with E-state index in [0.29, 0.717) is 13.1 Å². The molecular weight excluding hydrogens is 168 g/mol. The Hall–Kier alpha value is -0.940. The summed E-state index contributed by atoms with van der Waals surface area (Å²) in [4.78, 5) is 0. The summed E-state index contributed by atoms with van der Waals surface area (Å²) in [7, 11) is 0. The average Bonchev–Trinajstić information content (AvgIpc) is 2.48. The SMILES string of the molecule is CC(O)Cn1cc(CCCN)nn1. The number of aryl methyl sites for hydroxylation is 1. The highest BCUT2D eigenvalue weighted by Crippen LogP contribution is 1.98. The van der Waals surface area contributed by atoms with Crippen LogP contribution in [0, 0.1) is 0 Å². The molecule has 0 amide bonds. The first-order chi connectivity index (χ1) is 6.22. The van der Waals surface area contributed by atoms with E-state index in [-0.39, 0.29) is 6.10 Å². The van der Waals surface area contributed by atoms with Crippen LogP contribution in [0.25, 0.3) is 0 Å². The molecule has 13 heavy (non-hydrogen) atoms. The summed E-state index contributed by atoms with van der Waals surface area (Å²) in [5.74, 6) is 0. The Labute approximate surface area is 77.6 Å². The van der Waals surface area contributed by atoms with E-state index in [2.05, 4.69) is 10.3 Å². The highest BCUT2D eigenvalue weighted by molar-refractivity contribution is 4.92. The Bertz CT molecular complexity index is 246. The fourth-order valence-corrected chi connectivity index (χ4v) is 1.10. The lowest BCUT2D eigenvalue weighted by Gasteiger charge is -2.01. The molecule has 74 valence electrons. The largest absolute Gasteiger partial charge is 0.391 e. The van der Waals surface area contributed by atoms with Crippen molar-refractivity contribution in [3.63, 3.8) is 0 Å². The van der Waals surface area contributed by atoms with Gasteiger partial charge in [0.05, 0.1) is 18.3 Å². The highest BCUT2D eigenvalue weighted by atomic mass is 16.3. The van der Waals surface area contributed by atoms with Crippen molar-refractivity contribution in [2.45, 2.75) is 32.4 Å². The van der Waals surface area contributed by atoms with E-state index in [1.165, 1.54) is 0 Å². The van der Waals surface area contributed by atoms with Crippen molar-refractivity contribution in [2.24, 2.45) is 5.73 Å². The van der Waals surface area contributed by atoms with Gasteiger partial charge in [-0.25, -0.2) is 4.68 Å². The number of aliphatic hydroxyl groups is 1. The van der Waals surface area contributed by atoms with Crippen LogP contribution in [-0.2, 0) is 13.0 Å². The lowest BCUT2D eigenvalue weighted by Crippen LogP contribution is -2.12. The Balaban J connectivity index is 2.44. The molecule has 0 aliphatic carbocycles. The Morgan fingerprint density at radius 2 is 2.46 bits per heavy atom. The smallest absolute Gasteiger partial charge is 0.0827 e. The molecule has 1 aromatic rings. The first-order valence-electron chi connectivity index (χ1n) is 4.49. The summed E-state index contributed by atoms with van der Waals surface area (Å²) in [6.45, 7) is 2.89. The lowest BCUT2D eigenvalue weighted by molar-refractivity contribution is 0.167. The van der Waals surface area contributed by atoms with Crippen LogP contribution in [0.15, 0.2) is 6.20 Å². The molecule has 0 saturated heterocycles. The number of aliphatic hydroxyl groups excluding tert-OH is 1. The van der Waals surface area contributed by atoms with Crippen molar-refractivity contribution >= 4 is 0 Å². The molecule has 5 heteroatoms. The molecule has 1 aromatic heterocycles. The number of nitrogens with two attached hydrogens (primary N) is 1. The zero-order valence-corrected chi connectivity index (χ0v) is 7.85. The lowest BCUT2D eigenvalue weighted by atomic mass is 10.2.